The largest absolute Gasteiger partial charge is 0.497 e. The highest BCUT2D eigenvalue weighted by Gasteiger charge is 2.04. The molecule has 1 aromatic heterocycles. The van der Waals surface area contributed by atoms with Crippen molar-refractivity contribution < 1.29 is 9.53 Å². The Kier molecular flexibility index (Phi) is 8.77. The summed E-state index contributed by atoms with van der Waals surface area (Å²) in [5, 5.41) is 17.2. The van der Waals surface area contributed by atoms with Gasteiger partial charge in [0.15, 0.2) is 5.96 Å². The zero-order valence-electron chi connectivity index (χ0n) is 16.7. The van der Waals surface area contributed by atoms with Crippen LogP contribution in [0, 0.1) is 0 Å². The predicted molar refractivity (Wildman–Crippen MR) is 108 cm³/mol. The molecule has 2 aromatic rings. The molecular weight excluding hydrogens is 358 g/mol. The summed E-state index contributed by atoms with van der Waals surface area (Å²) in [6.45, 7) is 6.63. The summed E-state index contributed by atoms with van der Waals surface area (Å²) in [6.07, 6.45) is 2.56. The second-order valence-corrected chi connectivity index (χ2v) is 6.04. The van der Waals surface area contributed by atoms with Crippen LogP contribution in [0.4, 0.5) is 0 Å². The predicted octanol–water partition coefficient (Wildman–Crippen LogP) is 0.721. The normalized spacial score (nSPS) is 11.2. The first-order chi connectivity index (χ1) is 13.7. The highest BCUT2D eigenvalue weighted by molar-refractivity contribution is 5.84. The number of ether oxygens (including phenoxy) is 1. The SMILES string of the molecule is CCNC(=NCC(=O)NCc1ccc(OC)cc1)NCCn1cnnc1CC. The van der Waals surface area contributed by atoms with Crippen LogP contribution in [0.5, 0.6) is 5.75 Å². The van der Waals surface area contributed by atoms with Crippen LogP contribution in [0.25, 0.3) is 0 Å². The second kappa shape index (κ2) is 11.6. The summed E-state index contributed by atoms with van der Waals surface area (Å²) < 4.78 is 7.12. The van der Waals surface area contributed by atoms with Crippen molar-refractivity contribution in [3.05, 3.63) is 42.0 Å². The molecule has 0 spiro atoms. The van der Waals surface area contributed by atoms with E-state index in [1.807, 2.05) is 42.7 Å². The van der Waals surface area contributed by atoms with Gasteiger partial charge in [-0.15, -0.1) is 10.2 Å². The van der Waals surface area contributed by atoms with Gasteiger partial charge < -0.3 is 25.3 Å². The van der Waals surface area contributed by atoms with Crippen molar-refractivity contribution in [2.45, 2.75) is 33.4 Å². The maximum absolute atomic E-state index is 12.1. The van der Waals surface area contributed by atoms with Crippen LogP contribution in [-0.4, -0.2) is 53.4 Å². The van der Waals surface area contributed by atoms with Crippen molar-refractivity contribution in [1.82, 2.24) is 30.7 Å². The molecule has 0 radical (unpaired) electrons. The second-order valence-electron chi connectivity index (χ2n) is 6.04. The van der Waals surface area contributed by atoms with E-state index in [9.17, 15) is 4.79 Å². The van der Waals surface area contributed by atoms with Crippen molar-refractivity contribution in [3.8, 4) is 5.75 Å². The fourth-order valence-electron chi connectivity index (χ4n) is 2.53. The molecule has 0 aliphatic rings. The molecule has 0 saturated carbocycles. The molecule has 9 heteroatoms. The zero-order valence-corrected chi connectivity index (χ0v) is 16.7. The Morgan fingerprint density at radius 1 is 1.18 bits per heavy atom. The van der Waals surface area contributed by atoms with Crippen LogP contribution in [0.3, 0.4) is 0 Å². The first-order valence-electron chi connectivity index (χ1n) is 9.44. The van der Waals surface area contributed by atoms with Crippen molar-refractivity contribution in [1.29, 1.82) is 0 Å². The van der Waals surface area contributed by atoms with Crippen LogP contribution < -0.4 is 20.7 Å². The van der Waals surface area contributed by atoms with Crippen LogP contribution in [-0.2, 0) is 24.3 Å². The maximum atomic E-state index is 12.1. The van der Waals surface area contributed by atoms with Gasteiger partial charge in [-0.25, -0.2) is 4.99 Å². The highest BCUT2D eigenvalue weighted by atomic mass is 16.5. The highest BCUT2D eigenvalue weighted by Crippen LogP contribution is 2.10. The molecular formula is C19H29N7O2. The maximum Gasteiger partial charge on any atom is 0.242 e. The number of hydrogen-bond donors (Lipinski definition) is 3. The first kappa shape index (κ1) is 21.2. The van der Waals surface area contributed by atoms with Gasteiger partial charge in [0.2, 0.25) is 5.91 Å². The van der Waals surface area contributed by atoms with E-state index in [0.29, 0.717) is 25.6 Å². The Bertz CT molecular complexity index is 756. The topological polar surface area (TPSA) is 105 Å². The number of benzene rings is 1. The van der Waals surface area contributed by atoms with Gasteiger partial charge in [0.05, 0.1) is 7.11 Å². The molecule has 1 heterocycles. The Morgan fingerprint density at radius 3 is 2.64 bits per heavy atom. The van der Waals surface area contributed by atoms with E-state index in [2.05, 4.69) is 31.1 Å². The Balaban J connectivity index is 1.77. The summed E-state index contributed by atoms with van der Waals surface area (Å²) in [6, 6.07) is 7.58. The van der Waals surface area contributed by atoms with Crippen LogP contribution in [0.2, 0.25) is 0 Å². The molecule has 28 heavy (non-hydrogen) atoms. The summed E-state index contributed by atoms with van der Waals surface area (Å²) in [7, 11) is 1.62. The Morgan fingerprint density at radius 2 is 1.96 bits per heavy atom. The van der Waals surface area contributed by atoms with Gasteiger partial charge in [0.1, 0.15) is 24.4 Å². The lowest BCUT2D eigenvalue weighted by Crippen LogP contribution is -2.40. The quantitative estimate of drug-likeness (QED) is 0.410. The Labute approximate surface area is 165 Å². The molecule has 0 aliphatic carbocycles. The lowest BCUT2D eigenvalue weighted by atomic mass is 10.2. The van der Waals surface area contributed by atoms with Gasteiger partial charge in [-0.3, -0.25) is 4.79 Å². The number of carbonyl (C=O) groups excluding carboxylic acids is 1. The van der Waals surface area contributed by atoms with Crippen LogP contribution in [0.1, 0.15) is 25.2 Å². The molecule has 152 valence electrons. The average Bonchev–Trinajstić information content (AvgIpc) is 3.18. The number of rotatable bonds is 10. The Hall–Kier alpha value is -3.10. The van der Waals surface area contributed by atoms with E-state index in [1.54, 1.807) is 13.4 Å². The van der Waals surface area contributed by atoms with Crippen molar-refractivity contribution in [2.75, 3.05) is 26.7 Å². The zero-order chi connectivity index (χ0) is 20.2. The van der Waals surface area contributed by atoms with E-state index >= 15 is 0 Å². The molecule has 0 aliphatic heterocycles. The fourth-order valence-corrected chi connectivity index (χ4v) is 2.53. The van der Waals surface area contributed by atoms with E-state index in [1.165, 1.54) is 0 Å². The molecule has 0 bridgehead atoms. The minimum absolute atomic E-state index is 0.0539. The number of carbonyl (C=O) groups is 1. The molecule has 0 unspecified atom stereocenters. The van der Waals surface area contributed by atoms with Crippen molar-refractivity contribution in [2.24, 2.45) is 4.99 Å². The van der Waals surface area contributed by atoms with Crippen LogP contribution in [0.15, 0.2) is 35.6 Å². The number of aryl methyl sites for hydroxylation is 1. The average molecular weight is 387 g/mol. The third kappa shape index (κ3) is 6.90. The van der Waals surface area contributed by atoms with E-state index < -0.39 is 0 Å². The van der Waals surface area contributed by atoms with Gasteiger partial charge in [-0.2, -0.15) is 0 Å². The number of guanidine groups is 1. The van der Waals surface area contributed by atoms with Gasteiger partial charge >= 0.3 is 0 Å². The number of nitrogens with one attached hydrogen (secondary N) is 3. The number of amides is 1. The summed E-state index contributed by atoms with van der Waals surface area (Å²) >= 11 is 0. The molecule has 3 N–H and O–H groups in total. The molecule has 0 fully saturated rings. The third-order valence-corrected chi connectivity index (χ3v) is 4.03. The smallest absolute Gasteiger partial charge is 0.242 e. The van der Waals surface area contributed by atoms with Gasteiger partial charge in [-0.05, 0) is 24.6 Å². The van der Waals surface area contributed by atoms with Gasteiger partial charge in [-0.1, -0.05) is 19.1 Å². The van der Waals surface area contributed by atoms with Gasteiger partial charge in [0.25, 0.3) is 0 Å². The number of aromatic nitrogens is 3. The van der Waals surface area contributed by atoms with Gasteiger partial charge in [0, 0.05) is 32.6 Å². The molecule has 2 rings (SSSR count). The monoisotopic (exact) mass is 387 g/mol. The van der Waals surface area contributed by atoms with Crippen molar-refractivity contribution in [3.63, 3.8) is 0 Å². The fraction of sp³-hybridized carbons (Fsp3) is 0.474. The van der Waals surface area contributed by atoms with Crippen molar-refractivity contribution >= 4 is 11.9 Å². The van der Waals surface area contributed by atoms with Crippen LogP contribution >= 0.6 is 0 Å². The minimum atomic E-state index is -0.139. The summed E-state index contributed by atoms with van der Waals surface area (Å²) in [5.41, 5.74) is 1.00. The molecule has 0 atom stereocenters. The summed E-state index contributed by atoms with van der Waals surface area (Å²) in [4.78, 5) is 16.4. The standard InChI is InChI=1S/C19H29N7O2/c1-4-17-25-24-14-26(17)11-10-21-19(20-5-2)23-13-18(27)22-12-15-6-8-16(28-3)9-7-15/h6-9,14H,4-5,10-13H2,1-3H3,(H,22,27)(H2,20,21,23). The lowest BCUT2D eigenvalue weighted by molar-refractivity contribution is -0.119. The number of nitrogens with zero attached hydrogens (tertiary/aromatic N) is 4. The number of methoxy groups -OCH3 is 1. The third-order valence-electron chi connectivity index (χ3n) is 4.03. The number of hydrogen-bond acceptors (Lipinski definition) is 5. The lowest BCUT2D eigenvalue weighted by Gasteiger charge is -2.12. The molecule has 1 aromatic carbocycles. The van der Waals surface area contributed by atoms with E-state index in [4.69, 9.17) is 4.74 Å². The number of aliphatic imine (C=N–C) groups is 1. The first-order valence-corrected chi connectivity index (χ1v) is 9.44. The molecule has 9 nitrogen and oxygen atoms in total. The molecule has 1 amide bonds. The minimum Gasteiger partial charge on any atom is -0.497 e. The molecule has 0 saturated heterocycles. The van der Waals surface area contributed by atoms with E-state index in [0.717, 1.165) is 30.1 Å². The summed E-state index contributed by atoms with van der Waals surface area (Å²) in [5.74, 6) is 2.20. The van der Waals surface area contributed by atoms with E-state index in [-0.39, 0.29) is 12.5 Å².